The van der Waals surface area contributed by atoms with Gasteiger partial charge in [-0.25, -0.2) is 8.78 Å². The van der Waals surface area contributed by atoms with Crippen LogP contribution in [0.15, 0.2) is 30.3 Å². The van der Waals surface area contributed by atoms with E-state index in [-0.39, 0.29) is 35.6 Å². The molecule has 0 aliphatic heterocycles. The van der Waals surface area contributed by atoms with Gasteiger partial charge < -0.3 is 15.4 Å². The monoisotopic (exact) mass is 468 g/mol. The van der Waals surface area contributed by atoms with Gasteiger partial charge in [0, 0.05) is 27.7 Å². The Morgan fingerprint density at radius 3 is 2.35 bits per heavy atom. The summed E-state index contributed by atoms with van der Waals surface area (Å²) in [7, 11) is 0. The third-order valence-corrected chi connectivity index (χ3v) is 6.59. The van der Waals surface area contributed by atoms with Crippen LogP contribution in [0.3, 0.4) is 0 Å². The quantitative estimate of drug-likeness (QED) is 0.635. The van der Waals surface area contributed by atoms with E-state index in [9.17, 15) is 18.4 Å². The molecule has 3 aliphatic rings. The number of carbonyl (C=O) groups excluding carboxylic acids is 2. The average Bonchev–Trinajstić information content (AvgIpc) is 2.63. The fraction of sp³-hybridized carbons (Fsp3) is 0.364. The molecule has 3 saturated carbocycles. The first kappa shape index (κ1) is 21.8. The van der Waals surface area contributed by atoms with Gasteiger partial charge in [0.2, 0.25) is 5.91 Å². The molecule has 5 rings (SSSR count). The van der Waals surface area contributed by atoms with Gasteiger partial charge in [-0.2, -0.15) is 0 Å². The van der Waals surface area contributed by atoms with E-state index in [1.165, 1.54) is 0 Å². The molecule has 2 aromatic rings. The van der Waals surface area contributed by atoms with Crippen LogP contribution in [-0.2, 0) is 16.1 Å². The fourth-order valence-electron chi connectivity index (χ4n) is 4.45. The van der Waals surface area contributed by atoms with E-state index in [2.05, 4.69) is 10.6 Å². The highest BCUT2D eigenvalue weighted by Gasteiger charge is 2.72. The minimum Gasteiger partial charge on any atom is -0.484 e. The lowest BCUT2D eigenvalue weighted by molar-refractivity contribution is -0.184. The highest BCUT2D eigenvalue weighted by molar-refractivity contribution is 6.31. The molecule has 5 nitrogen and oxygen atoms in total. The Morgan fingerprint density at radius 2 is 1.74 bits per heavy atom. The summed E-state index contributed by atoms with van der Waals surface area (Å²) in [6.45, 7) is 1.44. The Morgan fingerprint density at radius 1 is 1.10 bits per heavy atom. The maximum atomic E-state index is 13.9. The van der Waals surface area contributed by atoms with E-state index >= 15 is 0 Å². The van der Waals surface area contributed by atoms with Crippen molar-refractivity contribution < 1.29 is 23.1 Å². The van der Waals surface area contributed by atoms with Gasteiger partial charge >= 0.3 is 0 Å². The number of hydrogen-bond acceptors (Lipinski definition) is 3. The van der Waals surface area contributed by atoms with E-state index < -0.39 is 22.6 Å². The minimum atomic E-state index is -0.803. The largest absolute Gasteiger partial charge is 0.484 e. The van der Waals surface area contributed by atoms with Gasteiger partial charge in [-0.15, -0.1) is 0 Å². The standard InChI is InChI=1S/C22H20Cl2F2N2O3/c1-12-4-14(2-3-16(12)24)31-8-19(29)28-22-9-21(10-22,11-22)20(30)27-7-15-17(25)5-13(23)6-18(15)26/h2-6H,7-11H2,1H3,(H,27,30)(H,28,29). The number of benzene rings is 2. The van der Waals surface area contributed by atoms with Gasteiger partial charge in [0.25, 0.3) is 5.91 Å². The number of carbonyl (C=O) groups is 2. The predicted octanol–water partition coefficient (Wildman–Crippen LogP) is 4.31. The zero-order chi connectivity index (χ0) is 22.4. The molecule has 2 bridgehead atoms. The van der Waals surface area contributed by atoms with Crippen molar-refractivity contribution in [1.29, 1.82) is 0 Å². The van der Waals surface area contributed by atoms with E-state index in [1.807, 2.05) is 6.92 Å². The lowest BCUT2D eigenvalue weighted by Gasteiger charge is -2.69. The maximum Gasteiger partial charge on any atom is 0.258 e. The first-order valence-electron chi connectivity index (χ1n) is 9.73. The summed E-state index contributed by atoms with van der Waals surface area (Å²) >= 11 is 11.6. The Labute approximate surface area is 188 Å². The molecule has 0 aromatic heterocycles. The molecule has 2 amide bonds. The van der Waals surface area contributed by atoms with Crippen molar-refractivity contribution in [3.05, 3.63) is 63.1 Å². The normalized spacial score (nSPS) is 23.4. The van der Waals surface area contributed by atoms with E-state index in [0.717, 1.165) is 17.7 Å². The summed E-state index contributed by atoms with van der Waals surface area (Å²) in [6.07, 6.45) is 1.47. The number of ether oxygens (including phenoxy) is 1. The van der Waals surface area contributed by atoms with Crippen molar-refractivity contribution >= 4 is 35.0 Å². The molecular weight excluding hydrogens is 449 g/mol. The van der Waals surface area contributed by atoms with E-state index in [1.54, 1.807) is 18.2 Å². The Hall–Kier alpha value is -2.38. The van der Waals surface area contributed by atoms with Crippen LogP contribution in [-0.4, -0.2) is 24.0 Å². The summed E-state index contributed by atoms with van der Waals surface area (Å²) < 4.78 is 33.2. The zero-order valence-electron chi connectivity index (χ0n) is 16.7. The van der Waals surface area contributed by atoms with Crippen LogP contribution in [0.1, 0.15) is 30.4 Å². The molecule has 0 radical (unpaired) electrons. The Balaban J connectivity index is 1.24. The fourth-order valence-corrected chi connectivity index (χ4v) is 4.76. The number of nitrogens with one attached hydrogen (secondary N) is 2. The predicted molar refractivity (Wildman–Crippen MR) is 112 cm³/mol. The Kier molecular flexibility index (Phi) is 5.60. The van der Waals surface area contributed by atoms with Crippen molar-refractivity contribution in [2.45, 2.75) is 38.3 Å². The van der Waals surface area contributed by atoms with Crippen molar-refractivity contribution in [1.82, 2.24) is 10.6 Å². The van der Waals surface area contributed by atoms with Gasteiger partial charge in [-0.3, -0.25) is 9.59 Å². The molecule has 164 valence electrons. The second-order valence-electron chi connectivity index (χ2n) is 8.37. The van der Waals surface area contributed by atoms with Crippen LogP contribution < -0.4 is 15.4 Å². The molecule has 0 unspecified atom stereocenters. The van der Waals surface area contributed by atoms with E-state index in [0.29, 0.717) is 30.0 Å². The summed E-state index contributed by atoms with van der Waals surface area (Å²) in [4.78, 5) is 24.7. The molecule has 9 heteroatoms. The molecular formula is C22H20Cl2F2N2O3. The molecule has 0 spiro atoms. The summed E-state index contributed by atoms with van der Waals surface area (Å²) in [5.41, 5.74) is -0.391. The lowest BCUT2D eigenvalue weighted by Crippen LogP contribution is -2.78. The molecule has 2 aromatic carbocycles. The molecule has 0 saturated heterocycles. The van der Waals surface area contributed by atoms with Crippen molar-refractivity contribution in [3.8, 4) is 5.75 Å². The topological polar surface area (TPSA) is 67.4 Å². The van der Waals surface area contributed by atoms with Crippen LogP contribution in [0.2, 0.25) is 10.0 Å². The van der Waals surface area contributed by atoms with Crippen LogP contribution >= 0.6 is 23.2 Å². The summed E-state index contributed by atoms with van der Waals surface area (Å²) in [5.74, 6) is -1.60. The number of hydrogen-bond donors (Lipinski definition) is 2. The highest BCUT2D eigenvalue weighted by atomic mass is 35.5. The second-order valence-corrected chi connectivity index (χ2v) is 9.21. The maximum absolute atomic E-state index is 13.9. The van der Waals surface area contributed by atoms with E-state index in [4.69, 9.17) is 27.9 Å². The molecule has 31 heavy (non-hydrogen) atoms. The van der Waals surface area contributed by atoms with Crippen molar-refractivity contribution in [2.75, 3.05) is 6.61 Å². The molecule has 3 aliphatic carbocycles. The zero-order valence-corrected chi connectivity index (χ0v) is 18.2. The molecule has 0 atom stereocenters. The van der Waals surface area contributed by atoms with Crippen LogP contribution in [0, 0.1) is 24.0 Å². The number of rotatable bonds is 7. The van der Waals surface area contributed by atoms with Crippen LogP contribution in [0.25, 0.3) is 0 Å². The third kappa shape index (κ3) is 4.21. The minimum absolute atomic E-state index is 0.0441. The summed E-state index contributed by atoms with van der Waals surface area (Å²) in [6, 6.07) is 7.16. The van der Waals surface area contributed by atoms with Crippen molar-refractivity contribution in [3.63, 3.8) is 0 Å². The van der Waals surface area contributed by atoms with Gasteiger partial charge in [-0.05, 0) is 62.1 Å². The van der Waals surface area contributed by atoms with Gasteiger partial charge in [-0.1, -0.05) is 23.2 Å². The first-order chi connectivity index (χ1) is 14.6. The molecule has 2 N–H and O–H groups in total. The average molecular weight is 469 g/mol. The first-order valence-corrected chi connectivity index (χ1v) is 10.5. The highest BCUT2D eigenvalue weighted by Crippen LogP contribution is 2.67. The smallest absolute Gasteiger partial charge is 0.258 e. The number of amides is 2. The van der Waals surface area contributed by atoms with Crippen LogP contribution in [0.4, 0.5) is 8.78 Å². The van der Waals surface area contributed by atoms with Gasteiger partial charge in [0.15, 0.2) is 6.61 Å². The number of aryl methyl sites for hydroxylation is 1. The summed E-state index contributed by atoms with van der Waals surface area (Å²) in [5, 5.41) is 6.10. The van der Waals surface area contributed by atoms with Crippen molar-refractivity contribution in [2.24, 2.45) is 5.41 Å². The SMILES string of the molecule is Cc1cc(OCC(=O)NC23CC(C(=O)NCc4c(F)cc(Cl)cc4F)(C2)C3)ccc1Cl. The Bertz CT molecular complexity index is 1030. The lowest BCUT2D eigenvalue weighted by atomic mass is 9.39. The van der Waals surface area contributed by atoms with Gasteiger partial charge in [0.05, 0.1) is 5.41 Å². The molecule has 0 heterocycles. The molecule has 3 fully saturated rings. The third-order valence-electron chi connectivity index (χ3n) is 5.95. The van der Waals surface area contributed by atoms with Gasteiger partial charge in [0.1, 0.15) is 17.4 Å². The van der Waals surface area contributed by atoms with Crippen LogP contribution in [0.5, 0.6) is 5.75 Å². The second kappa shape index (κ2) is 7.95. The number of halogens is 4.